The van der Waals surface area contributed by atoms with Crippen LogP contribution in [-0.4, -0.2) is 46.1 Å². The Morgan fingerprint density at radius 2 is 1.74 bits per heavy atom. The smallest absolute Gasteiger partial charge is 0.307 e. The Kier molecular flexibility index (Phi) is 8.42. The molecule has 5 nitrogen and oxygen atoms in total. The number of nitrogens with one attached hydrogen (secondary N) is 1. The molecule has 0 amide bonds. The summed E-state index contributed by atoms with van der Waals surface area (Å²) in [6, 6.07) is 9.97. The van der Waals surface area contributed by atoms with Crippen LogP contribution >= 0.6 is 0 Å². The highest BCUT2D eigenvalue weighted by Gasteiger charge is 1.98. The van der Waals surface area contributed by atoms with Gasteiger partial charge in [0.2, 0.25) is 0 Å². The second-order valence-electron chi connectivity index (χ2n) is 3.84. The van der Waals surface area contributed by atoms with Crippen molar-refractivity contribution in [1.29, 1.82) is 0 Å². The van der Waals surface area contributed by atoms with Crippen molar-refractivity contribution >= 4 is 11.7 Å². The third-order valence-corrected chi connectivity index (χ3v) is 2.40. The number of hydrogen-bond donors (Lipinski definition) is 1. The Morgan fingerprint density at radius 3 is 2.42 bits per heavy atom. The maximum Gasteiger partial charge on any atom is 0.307 e. The number of benzene rings is 1. The van der Waals surface area contributed by atoms with Gasteiger partial charge in [-0.3, -0.25) is 4.79 Å². The van der Waals surface area contributed by atoms with E-state index in [0.29, 0.717) is 26.4 Å². The monoisotopic (exact) mass is 267 g/mol. The van der Waals surface area contributed by atoms with Gasteiger partial charge in [-0.2, -0.15) is 0 Å². The van der Waals surface area contributed by atoms with E-state index >= 15 is 0 Å². The van der Waals surface area contributed by atoms with Crippen molar-refractivity contribution in [2.45, 2.75) is 6.42 Å². The van der Waals surface area contributed by atoms with E-state index in [1.807, 2.05) is 30.3 Å². The molecule has 0 heterocycles. The Hall–Kier alpha value is -1.59. The fourth-order valence-corrected chi connectivity index (χ4v) is 1.40. The molecule has 106 valence electrons. The number of hydrogen-bond acceptors (Lipinski definition) is 5. The summed E-state index contributed by atoms with van der Waals surface area (Å²) >= 11 is 0. The lowest BCUT2D eigenvalue weighted by molar-refractivity contribution is -0.141. The largest absolute Gasteiger partial charge is 0.469 e. The standard InChI is InChI=1S/C14H21NO4/c1-17-14(16)7-9-18-11-12-19-10-8-15-13-5-3-2-4-6-13/h2-6,15H,7-12H2,1H3. The molecule has 1 aromatic rings. The maximum absolute atomic E-state index is 10.8. The van der Waals surface area contributed by atoms with Crippen LogP contribution in [0.3, 0.4) is 0 Å². The first-order valence-electron chi connectivity index (χ1n) is 6.34. The van der Waals surface area contributed by atoms with E-state index in [2.05, 4.69) is 10.1 Å². The minimum Gasteiger partial charge on any atom is -0.469 e. The molecule has 19 heavy (non-hydrogen) atoms. The molecular formula is C14H21NO4. The third kappa shape index (κ3) is 8.18. The second-order valence-corrected chi connectivity index (χ2v) is 3.84. The van der Waals surface area contributed by atoms with Crippen molar-refractivity contribution < 1.29 is 19.0 Å². The van der Waals surface area contributed by atoms with Crippen LogP contribution in [0.25, 0.3) is 0 Å². The van der Waals surface area contributed by atoms with Gasteiger partial charge in [-0.25, -0.2) is 0 Å². The summed E-state index contributed by atoms with van der Waals surface area (Å²) in [7, 11) is 1.37. The number of ether oxygens (including phenoxy) is 3. The normalized spacial score (nSPS) is 10.2. The quantitative estimate of drug-likeness (QED) is 0.516. The van der Waals surface area contributed by atoms with Crippen LogP contribution in [0.15, 0.2) is 30.3 Å². The number of para-hydroxylation sites is 1. The summed E-state index contributed by atoms with van der Waals surface area (Å²) < 4.78 is 15.1. The molecule has 0 bridgehead atoms. The van der Waals surface area contributed by atoms with Gasteiger partial charge in [-0.05, 0) is 12.1 Å². The molecule has 0 spiro atoms. The van der Waals surface area contributed by atoms with E-state index < -0.39 is 0 Å². The first-order chi connectivity index (χ1) is 9.33. The third-order valence-electron chi connectivity index (χ3n) is 2.40. The second kappa shape index (κ2) is 10.3. The van der Waals surface area contributed by atoms with Gasteiger partial charge in [-0.1, -0.05) is 18.2 Å². The molecule has 1 rings (SSSR count). The van der Waals surface area contributed by atoms with Crippen LogP contribution in [0.5, 0.6) is 0 Å². The minimum atomic E-state index is -0.257. The van der Waals surface area contributed by atoms with Crippen molar-refractivity contribution in [3.8, 4) is 0 Å². The number of carbonyl (C=O) groups excluding carboxylic acids is 1. The molecule has 0 aliphatic carbocycles. The number of methoxy groups -OCH3 is 1. The number of anilines is 1. The van der Waals surface area contributed by atoms with Gasteiger partial charge in [0.05, 0.1) is 40.0 Å². The summed E-state index contributed by atoms with van der Waals surface area (Å²) in [4.78, 5) is 10.8. The molecule has 0 aliphatic rings. The molecule has 0 aromatic heterocycles. The SMILES string of the molecule is COC(=O)CCOCCOCCNc1ccccc1. The Bertz CT molecular complexity index is 343. The summed E-state index contributed by atoms with van der Waals surface area (Å²) in [6.07, 6.45) is 0.284. The van der Waals surface area contributed by atoms with Gasteiger partial charge in [-0.15, -0.1) is 0 Å². The first kappa shape index (κ1) is 15.5. The number of carbonyl (C=O) groups is 1. The first-order valence-corrected chi connectivity index (χ1v) is 6.34. The van der Waals surface area contributed by atoms with Crippen LogP contribution < -0.4 is 5.32 Å². The molecule has 0 unspecified atom stereocenters. The van der Waals surface area contributed by atoms with Gasteiger partial charge in [0.1, 0.15) is 0 Å². The molecule has 0 saturated heterocycles. The van der Waals surface area contributed by atoms with E-state index in [9.17, 15) is 4.79 Å². The number of esters is 1. The van der Waals surface area contributed by atoms with Crippen molar-refractivity contribution in [1.82, 2.24) is 0 Å². The van der Waals surface area contributed by atoms with E-state index in [4.69, 9.17) is 9.47 Å². The Morgan fingerprint density at radius 1 is 1.05 bits per heavy atom. The highest BCUT2D eigenvalue weighted by Crippen LogP contribution is 2.03. The zero-order chi connectivity index (χ0) is 13.8. The van der Waals surface area contributed by atoms with E-state index in [0.717, 1.165) is 12.2 Å². The Balaban J connectivity index is 1.85. The lowest BCUT2D eigenvalue weighted by atomic mass is 10.3. The maximum atomic E-state index is 10.8. The Labute approximate surface area is 113 Å². The fourth-order valence-electron chi connectivity index (χ4n) is 1.40. The molecule has 0 atom stereocenters. The molecule has 0 saturated carbocycles. The summed E-state index contributed by atoms with van der Waals surface area (Å²) in [5.74, 6) is -0.257. The molecule has 0 aliphatic heterocycles. The summed E-state index contributed by atoms with van der Waals surface area (Å²) in [5, 5.41) is 3.24. The number of rotatable bonds is 10. The predicted molar refractivity (Wildman–Crippen MR) is 73.2 cm³/mol. The molecule has 5 heteroatoms. The van der Waals surface area contributed by atoms with E-state index in [1.165, 1.54) is 7.11 Å². The van der Waals surface area contributed by atoms with Gasteiger partial charge in [0.25, 0.3) is 0 Å². The highest BCUT2D eigenvalue weighted by molar-refractivity contribution is 5.69. The van der Waals surface area contributed by atoms with Crippen molar-refractivity contribution in [3.63, 3.8) is 0 Å². The summed E-state index contributed by atoms with van der Waals surface area (Å²) in [6.45, 7) is 2.76. The van der Waals surface area contributed by atoms with E-state index in [-0.39, 0.29) is 12.4 Å². The van der Waals surface area contributed by atoms with Crippen LogP contribution in [-0.2, 0) is 19.0 Å². The lowest BCUT2D eigenvalue weighted by Gasteiger charge is -2.07. The van der Waals surface area contributed by atoms with Crippen LogP contribution in [0.1, 0.15) is 6.42 Å². The molecule has 1 aromatic carbocycles. The topological polar surface area (TPSA) is 56.8 Å². The van der Waals surface area contributed by atoms with E-state index in [1.54, 1.807) is 0 Å². The highest BCUT2D eigenvalue weighted by atomic mass is 16.5. The van der Waals surface area contributed by atoms with Crippen LogP contribution in [0.2, 0.25) is 0 Å². The lowest BCUT2D eigenvalue weighted by Crippen LogP contribution is -2.13. The zero-order valence-electron chi connectivity index (χ0n) is 11.3. The molecule has 0 radical (unpaired) electrons. The minimum absolute atomic E-state index is 0.257. The average Bonchev–Trinajstić information content (AvgIpc) is 2.46. The molecule has 1 N–H and O–H groups in total. The van der Waals surface area contributed by atoms with Gasteiger partial charge in [0, 0.05) is 12.2 Å². The molecular weight excluding hydrogens is 246 g/mol. The molecule has 0 fully saturated rings. The predicted octanol–water partition coefficient (Wildman–Crippen LogP) is 1.69. The fraction of sp³-hybridized carbons (Fsp3) is 0.500. The zero-order valence-corrected chi connectivity index (χ0v) is 11.3. The van der Waals surface area contributed by atoms with Crippen molar-refractivity contribution in [3.05, 3.63) is 30.3 Å². The van der Waals surface area contributed by atoms with Crippen molar-refractivity contribution in [2.24, 2.45) is 0 Å². The van der Waals surface area contributed by atoms with Gasteiger partial charge >= 0.3 is 5.97 Å². The van der Waals surface area contributed by atoms with Gasteiger partial charge < -0.3 is 19.5 Å². The average molecular weight is 267 g/mol. The van der Waals surface area contributed by atoms with Crippen LogP contribution in [0, 0.1) is 0 Å². The van der Waals surface area contributed by atoms with Crippen molar-refractivity contribution in [2.75, 3.05) is 45.4 Å². The van der Waals surface area contributed by atoms with Crippen LogP contribution in [0.4, 0.5) is 5.69 Å². The summed E-state index contributed by atoms with van der Waals surface area (Å²) in [5.41, 5.74) is 1.08. The van der Waals surface area contributed by atoms with Gasteiger partial charge in [0.15, 0.2) is 0 Å².